The molecule has 0 spiro atoms. The summed E-state index contributed by atoms with van der Waals surface area (Å²) in [5, 5.41) is 10.8. The van der Waals surface area contributed by atoms with Crippen LogP contribution in [-0.4, -0.2) is 46.9 Å². The Labute approximate surface area is 207 Å². The molecule has 0 unspecified atom stereocenters. The van der Waals surface area contributed by atoms with Crippen molar-refractivity contribution in [2.45, 2.75) is 20.0 Å². The Balaban J connectivity index is 1.66. The van der Waals surface area contributed by atoms with Crippen molar-refractivity contribution in [3.8, 4) is 11.5 Å². The van der Waals surface area contributed by atoms with E-state index in [9.17, 15) is 14.4 Å². The Kier molecular flexibility index (Phi) is 7.24. The summed E-state index contributed by atoms with van der Waals surface area (Å²) in [6, 6.07) is 19.2. The lowest BCUT2D eigenvalue weighted by Gasteiger charge is -2.24. The highest BCUT2D eigenvalue weighted by Gasteiger charge is 2.20. The number of carbonyl (C=O) groups is 3. The summed E-state index contributed by atoms with van der Waals surface area (Å²) in [5.41, 5.74) is 3.25. The molecule has 0 aliphatic heterocycles. The smallest absolute Gasteiger partial charge is 0.308 e. The van der Waals surface area contributed by atoms with Crippen LogP contribution in [0.3, 0.4) is 0 Å². The summed E-state index contributed by atoms with van der Waals surface area (Å²) in [6.45, 7) is 1.46. The number of esters is 1. The number of hydrogen-bond acceptors (Lipinski definition) is 7. The van der Waals surface area contributed by atoms with Gasteiger partial charge in [0.15, 0.2) is 11.5 Å². The van der Waals surface area contributed by atoms with Gasteiger partial charge in [0, 0.05) is 25.2 Å². The largest absolute Gasteiger partial charge is 0.493 e. The summed E-state index contributed by atoms with van der Waals surface area (Å²) in [4.78, 5) is 38.5. The number of fused-ring (bicyclic) bond motifs is 1. The second-order valence-corrected chi connectivity index (χ2v) is 7.92. The first kappa shape index (κ1) is 24.4. The molecule has 184 valence electrons. The number of ether oxygens (including phenoxy) is 2. The summed E-state index contributed by atoms with van der Waals surface area (Å²) in [7, 11) is 3.03. The number of benzene rings is 3. The van der Waals surface area contributed by atoms with E-state index in [-0.39, 0.29) is 30.7 Å². The van der Waals surface area contributed by atoms with Gasteiger partial charge in [0.2, 0.25) is 5.91 Å². The van der Waals surface area contributed by atoms with Crippen LogP contribution < -0.4 is 19.7 Å². The predicted molar refractivity (Wildman–Crippen MR) is 133 cm³/mol. The maximum atomic E-state index is 13.6. The van der Waals surface area contributed by atoms with Crippen molar-refractivity contribution in [2.75, 3.05) is 19.1 Å². The van der Waals surface area contributed by atoms with E-state index in [4.69, 9.17) is 9.47 Å². The average molecular weight is 488 g/mol. The monoisotopic (exact) mass is 487 g/mol. The fourth-order valence-corrected chi connectivity index (χ4v) is 3.74. The number of rotatable bonds is 8. The van der Waals surface area contributed by atoms with Crippen LogP contribution in [0.1, 0.15) is 22.8 Å². The van der Waals surface area contributed by atoms with Crippen LogP contribution in [0.5, 0.6) is 11.5 Å². The number of anilines is 1. The lowest BCUT2D eigenvalue weighted by atomic mass is 10.1. The van der Waals surface area contributed by atoms with Gasteiger partial charge in [-0.3, -0.25) is 14.4 Å². The first-order valence-corrected chi connectivity index (χ1v) is 11.2. The second kappa shape index (κ2) is 10.7. The third-order valence-electron chi connectivity index (χ3n) is 5.50. The molecule has 1 aromatic heterocycles. The molecule has 0 aliphatic carbocycles. The highest BCUT2D eigenvalue weighted by atomic mass is 16.6. The Bertz CT molecular complexity index is 1410. The fourth-order valence-electron chi connectivity index (χ4n) is 3.74. The quantitative estimate of drug-likeness (QED) is 0.300. The normalized spacial score (nSPS) is 10.6. The van der Waals surface area contributed by atoms with Gasteiger partial charge in [-0.25, -0.2) is 4.68 Å². The highest BCUT2D eigenvalue weighted by molar-refractivity contribution is 5.96. The maximum absolute atomic E-state index is 13.6. The molecule has 1 N–H and O–H groups in total. The molecule has 0 atom stereocenters. The molecule has 10 heteroatoms. The van der Waals surface area contributed by atoms with Gasteiger partial charge in [0.05, 0.1) is 19.2 Å². The summed E-state index contributed by atoms with van der Waals surface area (Å²) in [6.07, 6.45) is 0. The van der Waals surface area contributed by atoms with Crippen molar-refractivity contribution in [2.24, 2.45) is 0 Å². The molecule has 0 saturated heterocycles. The predicted octanol–water partition coefficient (Wildman–Crippen LogP) is 2.96. The maximum Gasteiger partial charge on any atom is 0.308 e. The summed E-state index contributed by atoms with van der Waals surface area (Å²) >= 11 is 0. The van der Waals surface area contributed by atoms with E-state index in [1.807, 2.05) is 24.3 Å². The fraction of sp³-hybridized carbons (Fsp3) is 0.192. The van der Waals surface area contributed by atoms with Crippen LogP contribution >= 0.6 is 0 Å². The number of nitrogens with zero attached hydrogens (tertiary/aromatic N) is 4. The minimum Gasteiger partial charge on any atom is -0.493 e. The minimum absolute atomic E-state index is 0.0413. The van der Waals surface area contributed by atoms with Crippen LogP contribution in [0.15, 0.2) is 66.7 Å². The number of carbonyl (C=O) groups excluding carboxylic acids is 3. The van der Waals surface area contributed by atoms with Crippen molar-refractivity contribution in [3.05, 3.63) is 77.9 Å². The van der Waals surface area contributed by atoms with Gasteiger partial charge in [0.1, 0.15) is 12.1 Å². The first-order valence-electron chi connectivity index (χ1n) is 11.2. The third kappa shape index (κ3) is 5.33. The Hall–Kier alpha value is -4.73. The number of hydrogen-bond donors (Lipinski definition) is 1. The minimum atomic E-state index is -0.464. The molecule has 4 aromatic rings. The zero-order chi connectivity index (χ0) is 25.7. The molecule has 1 heterocycles. The molecule has 4 rings (SSSR count). The van der Waals surface area contributed by atoms with Crippen LogP contribution in [0.2, 0.25) is 0 Å². The van der Waals surface area contributed by atoms with Gasteiger partial charge in [-0.15, -0.1) is 5.10 Å². The van der Waals surface area contributed by atoms with E-state index in [1.54, 1.807) is 59.1 Å². The van der Waals surface area contributed by atoms with Crippen molar-refractivity contribution >= 4 is 34.5 Å². The van der Waals surface area contributed by atoms with E-state index in [0.717, 1.165) is 11.1 Å². The SMILES string of the molecule is CNC(=O)c1ccc(N(Cc2ccc(OC(C)=O)c(OC)c2)C(=O)Cn2nnc3ccccc32)cc1. The summed E-state index contributed by atoms with van der Waals surface area (Å²) in [5.74, 6) is -0.266. The van der Waals surface area contributed by atoms with Gasteiger partial charge >= 0.3 is 5.97 Å². The molecule has 2 amide bonds. The zero-order valence-electron chi connectivity index (χ0n) is 20.1. The first-order chi connectivity index (χ1) is 17.4. The van der Waals surface area contributed by atoms with E-state index < -0.39 is 5.97 Å². The van der Waals surface area contributed by atoms with E-state index >= 15 is 0 Å². The van der Waals surface area contributed by atoms with E-state index in [0.29, 0.717) is 22.5 Å². The van der Waals surface area contributed by atoms with E-state index in [1.165, 1.54) is 14.0 Å². The van der Waals surface area contributed by atoms with Crippen molar-refractivity contribution in [1.82, 2.24) is 20.3 Å². The van der Waals surface area contributed by atoms with Gasteiger partial charge in [-0.1, -0.05) is 23.4 Å². The van der Waals surface area contributed by atoms with Crippen LogP contribution in [-0.2, 0) is 22.7 Å². The van der Waals surface area contributed by atoms with Crippen molar-refractivity contribution in [3.63, 3.8) is 0 Å². The van der Waals surface area contributed by atoms with Gasteiger partial charge in [-0.05, 0) is 54.1 Å². The van der Waals surface area contributed by atoms with Gasteiger partial charge in [-0.2, -0.15) is 0 Å². The number of methoxy groups -OCH3 is 1. The van der Waals surface area contributed by atoms with Crippen molar-refractivity contribution < 1.29 is 23.9 Å². The molecule has 10 nitrogen and oxygen atoms in total. The molecule has 0 bridgehead atoms. The number of aromatic nitrogens is 3. The highest BCUT2D eigenvalue weighted by Crippen LogP contribution is 2.30. The molecule has 0 aliphatic rings. The molecular formula is C26H25N5O5. The summed E-state index contributed by atoms with van der Waals surface area (Å²) < 4.78 is 12.1. The number of para-hydroxylation sites is 1. The molecule has 0 fully saturated rings. The lowest BCUT2D eigenvalue weighted by Crippen LogP contribution is -2.34. The number of amides is 2. The third-order valence-corrected chi connectivity index (χ3v) is 5.50. The van der Waals surface area contributed by atoms with E-state index in [2.05, 4.69) is 15.6 Å². The Morgan fingerprint density at radius 1 is 1.00 bits per heavy atom. The standard InChI is InChI=1S/C26H25N5O5/c1-17(32)36-23-13-8-18(14-24(23)35-3)15-30(20-11-9-19(10-12-20)26(34)27-2)25(33)16-31-22-7-5-4-6-21(22)28-29-31/h4-14H,15-16H2,1-3H3,(H,27,34). The lowest BCUT2D eigenvalue weighted by molar-refractivity contribution is -0.132. The van der Waals surface area contributed by atoms with Gasteiger partial charge in [0.25, 0.3) is 5.91 Å². The van der Waals surface area contributed by atoms with Crippen LogP contribution in [0, 0.1) is 0 Å². The molecule has 3 aromatic carbocycles. The van der Waals surface area contributed by atoms with Crippen LogP contribution in [0.25, 0.3) is 11.0 Å². The second-order valence-electron chi connectivity index (χ2n) is 7.92. The van der Waals surface area contributed by atoms with Crippen LogP contribution in [0.4, 0.5) is 5.69 Å². The Morgan fingerprint density at radius 3 is 2.44 bits per heavy atom. The molecule has 0 radical (unpaired) electrons. The molecule has 0 saturated carbocycles. The average Bonchev–Trinajstić information content (AvgIpc) is 3.30. The molecular weight excluding hydrogens is 462 g/mol. The zero-order valence-corrected chi connectivity index (χ0v) is 20.1. The Morgan fingerprint density at radius 2 is 1.75 bits per heavy atom. The molecule has 36 heavy (non-hydrogen) atoms. The van der Waals surface area contributed by atoms with Crippen molar-refractivity contribution in [1.29, 1.82) is 0 Å². The topological polar surface area (TPSA) is 116 Å². The number of nitrogens with one attached hydrogen (secondary N) is 1. The van der Waals surface area contributed by atoms with Gasteiger partial charge < -0.3 is 19.7 Å².